The van der Waals surface area contributed by atoms with Gasteiger partial charge in [-0.15, -0.1) is 0 Å². The van der Waals surface area contributed by atoms with E-state index in [1.165, 1.54) is 7.11 Å². The molecule has 14 heavy (non-hydrogen) atoms. The summed E-state index contributed by atoms with van der Waals surface area (Å²) in [6.07, 6.45) is -1.48. The second-order valence-corrected chi connectivity index (χ2v) is 1.76. The van der Waals surface area contributed by atoms with Crippen molar-refractivity contribution in [3.05, 3.63) is 0 Å². The van der Waals surface area contributed by atoms with Crippen LogP contribution in [0, 0.1) is 0 Å². The van der Waals surface area contributed by atoms with E-state index < -0.39 is 24.7 Å². The topological polar surface area (TPSA) is 128 Å². The van der Waals surface area contributed by atoms with Crippen LogP contribution in [0.4, 0.5) is 9.59 Å². The summed E-state index contributed by atoms with van der Waals surface area (Å²) in [6, 6.07) is 0. The van der Waals surface area contributed by atoms with E-state index in [1.807, 2.05) is 5.32 Å². The fourth-order valence-electron chi connectivity index (χ4n) is 0.220. The average Bonchev–Trinajstić information content (AvgIpc) is 2.14. The Morgan fingerprint density at radius 2 is 1.71 bits per heavy atom. The minimum Gasteiger partial charge on any atom is -0.480 e. The highest BCUT2D eigenvalue weighted by Crippen LogP contribution is 1.68. The largest absolute Gasteiger partial charge is 0.480 e. The first-order valence-corrected chi connectivity index (χ1v) is 3.31. The summed E-state index contributed by atoms with van der Waals surface area (Å²) in [5.41, 5.74) is 4.43. The maximum atomic E-state index is 10.1. The molecule has 0 atom stereocenters. The molecule has 0 aromatic heterocycles. The van der Waals surface area contributed by atoms with Crippen molar-refractivity contribution in [1.82, 2.24) is 5.32 Å². The molecule has 0 aliphatic heterocycles. The first kappa shape index (κ1) is 14.5. The Labute approximate surface area is 80.0 Å². The molecule has 0 saturated heterocycles. The van der Waals surface area contributed by atoms with Crippen molar-refractivity contribution in [2.75, 3.05) is 20.8 Å². The summed E-state index contributed by atoms with van der Waals surface area (Å²) in [5, 5.41) is 9.96. The van der Waals surface area contributed by atoms with Crippen LogP contribution >= 0.6 is 0 Å². The number of nitrogens with two attached hydrogens (primary N) is 1. The highest BCUT2D eigenvalue weighted by atomic mass is 16.5. The summed E-state index contributed by atoms with van der Waals surface area (Å²) >= 11 is 0. The van der Waals surface area contributed by atoms with Gasteiger partial charge in [0, 0.05) is 0 Å². The van der Waals surface area contributed by atoms with Gasteiger partial charge in [-0.25, -0.2) is 9.59 Å². The van der Waals surface area contributed by atoms with E-state index in [0.29, 0.717) is 0 Å². The highest BCUT2D eigenvalue weighted by Gasteiger charge is 1.99. The van der Waals surface area contributed by atoms with E-state index in [4.69, 9.17) is 5.11 Å². The smallest absolute Gasteiger partial charge is 0.407 e. The van der Waals surface area contributed by atoms with Crippen LogP contribution in [0.1, 0.15) is 0 Å². The molecule has 0 heterocycles. The number of methoxy groups -OCH3 is 2. The van der Waals surface area contributed by atoms with Crippen LogP contribution < -0.4 is 11.1 Å². The fourth-order valence-corrected chi connectivity index (χ4v) is 0.220. The third kappa shape index (κ3) is 16.5. The molecular formula is C6H12N2O6. The van der Waals surface area contributed by atoms with Gasteiger partial charge in [-0.1, -0.05) is 0 Å². The summed E-state index contributed by atoms with van der Waals surface area (Å²) in [5.74, 6) is -1.10. The molecule has 0 aromatic carbocycles. The molecule has 0 fully saturated rings. The zero-order valence-corrected chi connectivity index (χ0v) is 7.77. The number of rotatable bonds is 2. The lowest BCUT2D eigenvalue weighted by Crippen LogP contribution is -2.28. The zero-order valence-electron chi connectivity index (χ0n) is 7.77. The molecule has 8 heteroatoms. The zero-order chi connectivity index (χ0) is 11.6. The lowest BCUT2D eigenvalue weighted by Gasteiger charge is -1.96. The number of carbonyl (C=O) groups excluding carboxylic acids is 2. The van der Waals surface area contributed by atoms with Gasteiger partial charge >= 0.3 is 18.2 Å². The number of hydrogen-bond donors (Lipinski definition) is 3. The van der Waals surface area contributed by atoms with Crippen molar-refractivity contribution in [2.24, 2.45) is 5.73 Å². The number of nitrogens with one attached hydrogen (secondary N) is 1. The molecule has 0 rings (SSSR count). The molecule has 0 unspecified atom stereocenters. The minimum absolute atomic E-state index is 0.410. The Bertz CT molecular complexity index is 204. The van der Waals surface area contributed by atoms with Crippen molar-refractivity contribution in [3.8, 4) is 0 Å². The van der Waals surface area contributed by atoms with Crippen LogP contribution in [0.5, 0.6) is 0 Å². The Morgan fingerprint density at radius 3 is 1.93 bits per heavy atom. The molecule has 2 amide bonds. The summed E-state index contributed by atoms with van der Waals surface area (Å²) < 4.78 is 7.98. The molecule has 0 spiro atoms. The summed E-state index contributed by atoms with van der Waals surface area (Å²) in [6.45, 7) is -0.410. The monoisotopic (exact) mass is 208 g/mol. The standard InChI is InChI=1S/C4H7NO4.C2H5NO2/c1-9-4(8)5-2-3(6)7;1-5-2(3)4/h2H2,1H3,(H,5,8)(H,6,7);1H3,(H2,3,4). The molecule has 0 bridgehead atoms. The number of aliphatic carboxylic acids is 1. The lowest BCUT2D eigenvalue weighted by atomic mass is 10.7. The van der Waals surface area contributed by atoms with Crippen molar-refractivity contribution < 1.29 is 29.0 Å². The molecule has 4 N–H and O–H groups in total. The third-order valence-electron chi connectivity index (χ3n) is 0.771. The Hall–Kier alpha value is -1.99. The SMILES string of the molecule is COC(=O)NCC(=O)O.COC(N)=O. The molecule has 82 valence electrons. The summed E-state index contributed by atoms with van der Waals surface area (Å²) in [4.78, 5) is 29.2. The van der Waals surface area contributed by atoms with Gasteiger partial charge in [0.25, 0.3) is 0 Å². The van der Waals surface area contributed by atoms with E-state index >= 15 is 0 Å². The van der Waals surface area contributed by atoms with E-state index in [9.17, 15) is 14.4 Å². The van der Waals surface area contributed by atoms with Gasteiger partial charge in [-0.05, 0) is 0 Å². The number of amides is 2. The van der Waals surface area contributed by atoms with Crippen LogP contribution in [0.15, 0.2) is 0 Å². The van der Waals surface area contributed by atoms with Crippen molar-refractivity contribution in [2.45, 2.75) is 0 Å². The van der Waals surface area contributed by atoms with Gasteiger partial charge in [0.15, 0.2) is 0 Å². The minimum atomic E-state index is -1.10. The maximum Gasteiger partial charge on any atom is 0.407 e. The van der Waals surface area contributed by atoms with Crippen molar-refractivity contribution in [3.63, 3.8) is 0 Å². The van der Waals surface area contributed by atoms with Crippen LogP contribution in [-0.2, 0) is 14.3 Å². The molecule has 0 aromatic rings. The number of hydrogen-bond acceptors (Lipinski definition) is 5. The van der Waals surface area contributed by atoms with Crippen LogP contribution in [0.2, 0.25) is 0 Å². The van der Waals surface area contributed by atoms with Crippen molar-refractivity contribution in [1.29, 1.82) is 0 Å². The van der Waals surface area contributed by atoms with Crippen LogP contribution in [0.25, 0.3) is 0 Å². The molecule has 0 radical (unpaired) electrons. The quantitative estimate of drug-likeness (QED) is 0.541. The number of alkyl carbamates (subject to hydrolysis) is 1. The number of carbonyl (C=O) groups is 3. The summed E-state index contributed by atoms with van der Waals surface area (Å²) in [7, 11) is 2.39. The van der Waals surface area contributed by atoms with Gasteiger partial charge in [-0.2, -0.15) is 0 Å². The van der Waals surface area contributed by atoms with Crippen molar-refractivity contribution >= 4 is 18.2 Å². The lowest BCUT2D eigenvalue weighted by molar-refractivity contribution is -0.135. The fraction of sp³-hybridized carbons (Fsp3) is 0.500. The van der Waals surface area contributed by atoms with Gasteiger partial charge in [-0.3, -0.25) is 4.79 Å². The molecule has 0 aliphatic carbocycles. The Balaban J connectivity index is 0. The molecule has 8 nitrogen and oxygen atoms in total. The first-order chi connectivity index (χ1) is 6.43. The maximum absolute atomic E-state index is 10.1. The second-order valence-electron chi connectivity index (χ2n) is 1.76. The van der Waals surface area contributed by atoms with Gasteiger partial charge in [0.2, 0.25) is 0 Å². The first-order valence-electron chi connectivity index (χ1n) is 3.31. The van der Waals surface area contributed by atoms with Crippen LogP contribution in [-0.4, -0.2) is 44.0 Å². The molecular weight excluding hydrogens is 196 g/mol. The van der Waals surface area contributed by atoms with E-state index in [0.717, 1.165) is 7.11 Å². The second kappa shape index (κ2) is 9.10. The normalized spacial score (nSPS) is 7.57. The van der Waals surface area contributed by atoms with Crippen LogP contribution in [0.3, 0.4) is 0 Å². The number of carboxylic acid groups (broad SMARTS) is 1. The molecule has 0 saturated carbocycles. The Kier molecular flexibility index (Phi) is 9.45. The van der Waals surface area contributed by atoms with E-state index in [-0.39, 0.29) is 0 Å². The number of primary amides is 1. The Morgan fingerprint density at radius 1 is 1.29 bits per heavy atom. The highest BCUT2D eigenvalue weighted by molar-refractivity contribution is 5.76. The average molecular weight is 208 g/mol. The van der Waals surface area contributed by atoms with Gasteiger partial charge in [0.05, 0.1) is 14.2 Å². The van der Waals surface area contributed by atoms with Gasteiger partial charge < -0.3 is 25.6 Å². The van der Waals surface area contributed by atoms with Gasteiger partial charge in [0.1, 0.15) is 6.54 Å². The third-order valence-corrected chi connectivity index (χ3v) is 0.771. The van der Waals surface area contributed by atoms with E-state index in [2.05, 4.69) is 15.2 Å². The van der Waals surface area contributed by atoms with E-state index in [1.54, 1.807) is 0 Å². The number of ether oxygens (including phenoxy) is 2. The predicted molar refractivity (Wildman–Crippen MR) is 44.6 cm³/mol. The number of carboxylic acids is 1. The predicted octanol–water partition coefficient (Wildman–Crippen LogP) is -0.861. The molecule has 0 aliphatic rings.